The van der Waals surface area contributed by atoms with E-state index >= 15 is 0 Å². The van der Waals surface area contributed by atoms with Gasteiger partial charge in [-0.2, -0.15) is 0 Å². The lowest BCUT2D eigenvalue weighted by Gasteiger charge is -2.08. The van der Waals surface area contributed by atoms with Gasteiger partial charge in [0.25, 0.3) is 0 Å². The fourth-order valence-electron chi connectivity index (χ4n) is 1.10. The molecule has 0 N–H and O–H groups in total. The summed E-state index contributed by atoms with van der Waals surface area (Å²) < 4.78 is 22.9. The highest BCUT2D eigenvalue weighted by molar-refractivity contribution is 7.98. The van der Waals surface area contributed by atoms with Gasteiger partial charge in [0.15, 0.2) is 11.6 Å². The van der Waals surface area contributed by atoms with Crippen LogP contribution in [0.1, 0.15) is 10.4 Å². The highest BCUT2D eigenvalue weighted by atomic mass is 32.2. The van der Waals surface area contributed by atoms with Gasteiger partial charge in [0, 0.05) is 4.90 Å². The molecular formula is C10H11FO3S. The minimum Gasteiger partial charge on any atom is -0.494 e. The molecule has 0 saturated carbocycles. The quantitative estimate of drug-likeness (QED) is 0.590. The molecule has 1 aromatic rings. The van der Waals surface area contributed by atoms with E-state index in [4.69, 9.17) is 4.74 Å². The van der Waals surface area contributed by atoms with Gasteiger partial charge in [-0.1, -0.05) is 0 Å². The molecule has 5 heteroatoms. The Morgan fingerprint density at radius 3 is 2.53 bits per heavy atom. The van der Waals surface area contributed by atoms with E-state index in [2.05, 4.69) is 4.74 Å². The van der Waals surface area contributed by atoms with Crippen molar-refractivity contribution in [1.29, 1.82) is 0 Å². The van der Waals surface area contributed by atoms with Crippen LogP contribution in [-0.2, 0) is 4.74 Å². The molecule has 0 aliphatic heterocycles. The molecule has 0 fully saturated rings. The zero-order valence-electron chi connectivity index (χ0n) is 8.67. The van der Waals surface area contributed by atoms with Crippen molar-refractivity contribution >= 4 is 17.7 Å². The smallest absolute Gasteiger partial charge is 0.341 e. The summed E-state index contributed by atoms with van der Waals surface area (Å²) in [5.74, 6) is -1.36. The fraction of sp³-hybridized carbons (Fsp3) is 0.300. The number of carbonyl (C=O) groups is 1. The highest BCUT2D eigenvalue weighted by Crippen LogP contribution is 2.28. The number of hydrogen-bond acceptors (Lipinski definition) is 4. The highest BCUT2D eigenvalue weighted by Gasteiger charge is 2.17. The molecule has 0 aromatic heterocycles. The van der Waals surface area contributed by atoms with Gasteiger partial charge in [-0.25, -0.2) is 9.18 Å². The zero-order valence-corrected chi connectivity index (χ0v) is 9.48. The molecular weight excluding hydrogens is 219 g/mol. The van der Waals surface area contributed by atoms with Crippen molar-refractivity contribution < 1.29 is 18.7 Å². The summed E-state index contributed by atoms with van der Waals surface area (Å²) in [5, 5.41) is 0. The lowest BCUT2D eigenvalue weighted by Crippen LogP contribution is -2.06. The standard InChI is InChI=1S/C10H11FO3S/c1-13-8-5-6(15-3)4-7(9(8)11)10(12)14-2/h4-5H,1-3H3. The van der Waals surface area contributed by atoms with Crippen molar-refractivity contribution in [3.8, 4) is 5.75 Å². The first kappa shape index (κ1) is 11.8. The Hall–Kier alpha value is -1.23. The molecule has 3 nitrogen and oxygen atoms in total. The fourth-order valence-corrected chi connectivity index (χ4v) is 1.56. The SMILES string of the molecule is COC(=O)c1cc(SC)cc(OC)c1F. The van der Waals surface area contributed by atoms with Crippen LogP contribution < -0.4 is 4.74 Å². The Morgan fingerprint density at radius 2 is 2.07 bits per heavy atom. The largest absolute Gasteiger partial charge is 0.494 e. The summed E-state index contributed by atoms with van der Waals surface area (Å²) in [6.07, 6.45) is 1.83. The van der Waals surface area contributed by atoms with E-state index in [1.807, 2.05) is 6.26 Å². The second kappa shape index (κ2) is 5.02. The van der Waals surface area contributed by atoms with E-state index in [0.29, 0.717) is 0 Å². The minimum absolute atomic E-state index is 0.0438. The molecule has 0 bridgehead atoms. The summed E-state index contributed by atoms with van der Waals surface area (Å²) in [6.45, 7) is 0. The molecule has 15 heavy (non-hydrogen) atoms. The van der Waals surface area contributed by atoms with Crippen molar-refractivity contribution in [2.75, 3.05) is 20.5 Å². The molecule has 0 unspecified atom stereocenters. The molecule has 1 aromatic carbocycles. The number of hydrogen-bond donors (Lipinski definition) is 0. The second-order valence-electron chi connectivity index (χ2n) is 2.68. The van der Waals surface area contributed by atoms with Crippen LogP contribution in [0.15, 0.2) is 17.0 Å². The van der Waals surface area contributed by atoms with Crippen LogP contribution in [-0.4, -0.2) is 26.4 Å². The molecule has 1 rings (SSSR count). The summed E-state index contributed by atoms with van der Waals surface area (Å²) in [6, 6.07) is 2.97. The van der Waals surface area contributed by atoms with Crippen LogP contribution in [0.25, 0.3) is 0 Å². The third kappa shape index (κ3) is 2.41. The van der Waals surface area contributed by atoms with Gasteiger partial charge in [0.05, 0.1) is 14.2 Å². The first-order valence-corrected chi connectivity index (χ1v) is 5.36. The van der Waals surface area contributed by atoms with Crippen LogP contribution in [0.2, 0.25) is 0 Å². The number of ether oxygens (including phenoxy) is 2. The summed E-state index contributed by atoms with van der Waals surface area (Å²) in [4.78, 5) is 12.0. The van der Waals surface area contributed by atoms with E-state index in [0.717, 1.165) is 4.90 Å². The molecule has 0 aliphatic carbocycles. The van der Waals surface area contributed by atoms with Gasteiger partial charge in [-0.05, 0) is 18.4 Å². The maximum Gasteiger partial charge on any atom is 0.341 e. The third-order valence-electron chi connectivity index (χ3n) is 1.87. The van der Waals surface area contributed by atoms with Crippen LogP contribution >= 0.6 is 11.8 Å². The lowest BCUT2D eigenvalue weighted by atomic mass is 10.2. The Morgan fingerprint density at radius 1 is 1.40 bits per heavy atom. The second-order valence-corrected chi connectivity index (χ2v) is 3.56. The first-order valence-electron chi connectivity index (χ1n) is 4.13. The molecule has 0 spiro atoms. The number of methoxy groups -OCH3 is 2. The number of benzene rings is 1. The lowest BCUT2D eigenvalue weighted by molar-refractivity contribution is 0.0594. The van der Waals surface area contributed by atoms with Crippen molar-refractivity contribution in [3.63, 3.8) is 0 Å². The maximum atomic E-state index is 13.6. The number of esters is 1. The van der Waals surface area contributed by atoms with Crippen LogP contribution in [0, 0.1) is 5.82 Å². The van der Waals surface area contributed by atoms with Gasteiger partial charge < -0.3 is 9.47 Å². The molecule has 0 saturated heterocycles. The van der Waals surface area contributed by atoms with E-state index < -0.39 is 11.8 Å². The van der Waals surface area contributed by atoms with Crippen molar-refractivity contribution in [1.82, 2.24) is 0 Å². The monoisotopic (exact) mass is 230 g/mol. The molecule has 0 atom stereocenters. The molecule has 0 aliphatic rings. The van der Waals surface area contributed by atoms with Gasteiger partial charge >= 0.3 is 5.97 Å². The van der Waals surface area contributed by atoms with E-state index in [9.17, 15) is 9.18 Å². The van der Waals surface area contributed by atoms with Gasteiger partial charge in [-0.3, -0.25) is 0 Å². The van der Waals surface area contributed by atoms with E-state index in [-0.39, 0.29) is 11.3 Å². The predicted octanol–water partition coefficient (Wildman–Crippen LogP) is 2.34. The summed E-state index contributed by atoms with van der Waals surface area (Å²) in [5.41, 5.74) is -0.110. The Balaban J connectivity index is 3.30. The van der Waals surface area contributed by atoms with Crippen LogP contribution in [0.5, 0.6) is 5.75 Å². The summed E-state index contributed by atoms with van der Waals surface area (Å²) in [7, 11) is 2.56. The topological polar surface area (TPSA) is 35.5 Å². The number of carbonyl (C=O) groups excluding carboxylic acids is 1. The minimum atomic E-state index is -0.707. The van der Waals surface area contributed by atoms with E-state index in [1.165, 1.54) is 38.1 Å². The molecule has 0 heterocycles. The Labute approximate surface area is 91.6 Å². The normalized spacial score (nSPS) is 9.87. The first-order chi connectivity index (χ1) is 7.13. The van der Waals surface area contributed by atoms with Crippen LogP contribution in [0.4, 0.5) is 4.39 Å². The number of thioether (sulfide) groups is 1. The third-order valence-corrected chi connectivity index (χ3v) is 2.58. The van der Waals surface area contributed by atoms with Crippen LogP contribution in [0.3, 0.4) is 0 Å². The zero-order chi connectivity index (χ0) is 11.4. The van der Waals surface area contributed by atoms with Crippen molar-refractivity contribution in [2.24, 2.45) is 0 Å². The maximum absolute atomic E-state index is 13.6. The van der Waals surface area contributed by atoms with Gasteiger partial charge in [0.2, 0.25) is 0 Å². The predicted molar refractivity (Wildman–Crippen MR) is 56.1 cm³/mol. The number of rotatable bonds is 3. The van der Waals surface area contributed by atoms with E-state index in [1.54, 1.807) is 0 Å². The van der Waals surface area contributed by atoms with Crippen molar-refractivity contribution in [2.45, 2.75) is 4.90 Å². The van der Waals surface area contributed by atoms with Gasteiger partial charge in [-0.15, -0.1) is 11.8 Å². The molecule has 0 amide bonds. The number of halogens is 1. The molecule has 82 valence electrons. The molecule has 0 radical (unpaired) electrons. The average Bonchev–Trinajstić information content (AvgIpc) is 2.28. The van der Waals surface area contributed by atoms with Gasteiger partial charge in [0.1, 0.15) is 5.56 Å². The van der Waals surface area contributed by atoms with Crippen molar-refractivity contribution in [3.05, 3.63) is 23.5 Å². The Bertz CT molecular complexity index is 379. The summed E-state index contributed by atoms with van der Waals surface area (Å²) >= 11 is 1.39. The average molecular weight is 230 g/mol. The Kier molecular flexibility index (Phi) is 3.96.